The Morgan fingerprint density at radius 2 is 1.33 bits per heavy atom. The molecule has 0 unspecified atom stereocenters. The highest BCUT2D eigenvalue weighted by Crippen LogP contribution is 2.27. The van der Waals surface area contributed by atoms with Gasteiger partial charge in [0, 0.05) is 0 Å². The van der Waals surface area contributed by atoms with Crippen molar-refractivity contribution in [2.75, 3.05) is 13.1 Å². The van der Waals surface area contributed by atoms with E-state index in [9.17, 15) is 11.7 Å². The molecule has 0 aromatic rings. The van der Waals surface area contributed by atoms with Crippen LogP contribution >= 0.6 is 12.1 Å². The molecule has 0 saturated carbocycles. The van der Waals surface area contributed by atoms with Crippen LogP contribution in [0.2, 0.25) is 0 Å². The van der Waals surface area contributed by atoms with Crippen LogP contribution in [0.3, 0.4) is 0 Å². The van der Waals surface area contributed by atoms with Gasteiger partial charge in [-0.15, -0.1) is 11.7 Å². The van der Waals surface area contributed by atoms with Crippen molar-refractivity contribution in [3.63, 3.8) is 0 Å². The van der Waals surface area contributed by atoms with E-state index in [1.807, 2.05) is 0 Å². The van der Waals surface area contributed by atoms with Gasteiger partial charge in [-0.3, -0.25) is 0 Å². The summed E-state index contributed by atoms with van der Waals surface area (Å²) in [4.78, 5) is 0. The first kappa shape index (κ1) is 11.8. The lowest BCUT2D eigenvalue weighted by atomic mass is 10.7. The molecule has 0 aliphatic heterocycles. The number of nitrogens with one attached hydrogen (secondary N) is 1. The fraction of sp³-hybridized carbons (Fsp3) is 1.00. The van der Waals surface area contributed by atoms with Gasteiger partial charge in [0.05, 0.1) is 0 Å². The minimum Gasteiger partial charge on any atom is -0.317 e. The lowest BCUT2D eigenvalue weighted by Gasteiger charge is -1.86. The molecule has 1 N–H and O–H groups in total. The summed E-state index contributed by atoms with van der Waals surface area (Å²) >= 11 is -3.86. The zero-order valence-electron chi connectivity index (χ0n) is 5.46. The predicted molar refractivity (Wildman–Crippen MR) is 35.1 cm³/mol. The first-order valence-electron chi connectivity index (χ1n) is 2.58. The number of rotatable bonds is 2. The lowest BCUT2D eigenvalue weighted by molar-refractivity contribution is 0.676. The third kappa shape index (κ3) is 68.3. The Morgan fingerprint density at radius 3 is 1.33 bits per heavy atom. The molecule has 1 radical (unpaired) electrons. The van der Waals surface area contributed by atoms with Gasteiger partial charge in [0.2, 0.25) is 0 Å². The average Bonchev–Trinajstić information content (AvgIpc) is 1.66. The quantitative estimate of drug-likeness (QED) is 0.657. The molecule has 0 amide bonds. The van der Waals surface area contributed by atoms with Crippen LogP contribution in [0.15, 0.2) is 0 Å². The summed E-state index contributed by atoms with van der Waals surface area (Å²) in [7, 11) is 0. The van der Waals surface area contributed by atoms with E-state index in [0.29, 0.717) is 0 Å². The van der Waals surface area contributed by atoms with Crippen molar-refractivity contribution >= 4 is 12.1 Å². The standard InChI is InChI=1S/C4H11N.F3S/c1-3-5-4-2;1-4(2)3/h5H,3-4H2,1-2H3;. The van der Waals surface area contributed by atoms with Gasteiger partial charge in [0.25, 0.3) is 0 Å². The molecule has 0 aromatic carbocycles. The highest BCUT2D eigenvalue weighted by molar-refractivity contribution is 8.02. The Morgan fingerprint density at radius 1 is 1.11 bits per heavy atom. The molecule has 0 bridgehead atoms. The molecule has 0 saturated heterocycles. The topological polar surface area (TPSA) is 12.0 Å². The maximum absolute atomic E-state index is 9.69. The summed E-state index contributed by atoms with van der Waals surface area (Å²) in [6.45, 7) is 6.39. The van der Waals surface area contributed by atoms with E-state index in [2.05, 4.69) is 19.2 Å². The first-order valence-corrected chi connectivity index (χ1v) is 3.51. The van der Waals surface area contributed by atoms with Gasteiger partial charge in [-0.2, -0.15) is 0 Å². The maximum atomic E-state index is 9.69. The fourth-order valence-corrected chi connectivity index (χ4v) is 0.250. The summed E-state index contributed by atoms with van der Waals surface area (Å²) < 4.78 is 29.1. The van der Waals surface area contributed by atoms with Crippen LogP contribution in [-0.4, -0.2) is 13.1 Å². The minimum absolute atomic E-state index is 1.09. The van der Waals surface area contributed by atoms with Crippen molar-refractivity contribution in [3.05, 3.63) is 0 Å². The third-order valence-electron chi connectivity index (χ3n) is 0.500. The summed E-state index contributed by atoms with van der Waals surface area (Å²) in [5.41, 5.74) is 0. The monoisotopic (exact) mass is 162 g/mol. The van der Waals surface area contributed by atoms with Crippen LogP contribution in [0.25, 0.3) is 0 Å². The SMILES string of the molecule is CCNCC.F[S](F)F. The average molecular weight is 162 g/mol. The molecule has 0 heterocycles. The van der Waals surface area contributed by atoms with E-state index in [-0.39, 0.29) is 0 Å². The van der Waals surface area contributed by atoms with Gasteiger partial charge in [-0.1, -0.05) is 13.8 Å². The third-order valence-corrected chi connectivity index (χ3v) is 0.500. The predicted octanol–water partition coefficient (Wildman–Crippen LogP) is 2.52. The Hall–Kier alpha value is 0.1000. The molecule has 0 spiro atoms. The second-order valence-corrected chi connectivity index (χ2v) is 1.48. The normalized spacial score (nSPS) is 8.67. The van der Waals surface area contributed by atoms with E-state index in [1.54, 1.807) is 0 Å². The van der Waals surface area contributed by atoms with Crippen molar-refractivity contribution < 1.29 is 11.7 Å². The number of hydrogen-bond acceptors (Lipinski definition) is 1. The van der Waals surface area contributed by atoms with Gasteiger partial charge in [-0.25, -0.2) is 0 Å². The summed E-state index contributed by atoms with van der Waals surface area (Å²) in [6.07, 6.45) is 0. The molecule has 0 aromatic heterocycles. The van der Waals surface area contributed by atoms with E-state index in [0.717, 1.165) is 13.1 Å². The molecule has 0 atom stereocenters. The molecule has 59 valence electrons. The maximum Gasteiger partial charge on any atom is 0.324 e. The summed E-state index contributed by atoms with van der Waals surface area (Å²) in [5, 5.41) is 3.11. The van der Waals surface area contributed by atoms with Crippen LogP contribution in [0.4, 0.5) is 11.7 Å². The highest BCUT2D eigenvalue weighted by atomic mass is 32.3. The van der Waals surface area contributed by atoms with E-state index in [1.165, 1.54) is 0 Å². The van der Waals surface area contributed by atoms with Gasteiger partial charge in [0.15, 0.2) is 0 Å². The van der Waals surface area contributed by atoms with Crippen molar-refractivity contribution in [2.24, 2.45) is 0 Å². The van der Waals surface area contributed by atoms with Gasteiger partial charge >= 0.3 is 12.1 Å². The first-order chi connectivity index (χ1) is 4.15. The molecule has 5 heteroatoms. The van der Waals surface area contributed by atoms with Gasteiger partial charge < -0.3 is 5.32 Å². The molecule has 0 aliphatic carbocycles. The zero-order chi connectivity index (χ0) is 7.70. The molecule has 9 heavy (non-hydrogen) atoms. The minimum atomic E-state index is -3.86. The van der Waals surface area contributed by atoms with E-state index in [4.69, 9.17) is 0 Å². The van der Waals surface area contributed by atoms with Crippen LogP contribution in [0, 0.1) is 0 Å². The van der Waals surface area contributed by atoms with Crippen molar-refractivity contribution in [1.29, 1.82) is 0 Å². The van der Waals surface area contributed by atoms with E-state index >= 15 is 0 Å². The second kappa shape index (κ2) is 11.0. The van der Waals surface area contributed by atoms with E-state index < -0.39 is 12.1 Å². The van der Waals surface area contributed by atoms with Gasteiger partial charge in [0.1, 0.15) is 0 Å². The smallest absolute Gasteiger partial charge is 0.317 e. The summed E-state index contributed by atoms with van der Waals surface area (Å²) in [6, 6.07) is 0. The van der Waals surface area contributed by atoms with Crippen LogP contribution in [0.1, 0.15) is 13.8 Å². The fourth-order valence-electron chi connectivity index (χ4n) is 0.250. The lowest BCUT2D eigenvalue weighted by Crippen LogP contribution is -2.09. The number of halogens is 3. The Balaban J connectivity index is 0. The second-order valence-electron chi connectivity index (χ2n) is 1.13. The molecule has 1 nitrogen and oxygen atoms in total. The molecular weight excluding hydrogens is 151 g/mol. The van der Waals surface area contributed by atoms with Crippen LogP contribution in [0.5, 0.6) is 0 Å². The van der Waals surface area contributed by atoms with Crippen molar-refractivity contribution in [3.8, 4) is 0 Å². The largest absolute Gasteiger partial charge is 0.324 e. The molecular formula is C4H11F3NS. The summed E-state index contributed by atoms with van der Waals surface area (Å²) in [5.74, 6) is 0. The zero-order valence-corrected chi connectivity index (χ0v) is 6.27. The van der Waals surface area contributed by atoms with Crippen molar-refractivity contribution in [2.45, 2.75) is 13.8 Å². The Bertz CT molecular complexity index is 40.0. The van der Waals surface area contributed by atoms with Crippen LogP contribution in [-0.2, 0) is 0 Å². The van der Waals surface area contributed by atoms with Crippen LogP contribution < -0.4 is 5.32 Å². The molecule has 0 aliphatic rings. The van der Waals surface area contributed by atoms with Gasteiger partial charge in [-0.05, 0) is 13.1 Å². The Kier molecular flexibility index (Phi) is 14.4. The molecule has 0 fully saturated rings. The molecule has 0 rings (SSSR count). The Labute approximate surface area is 56.9 Å². The highest BCUT2D eigenvalue weighted by Gasteiger charge is 1.85. The number of hydrogen-bond donors (Lipinski definition) is 1. The van der Waals surface area contributed by atoms with Crippen molar-refractivity contribution in [1.82, 2.24) is 5.32 Å².